The van der Waals surface area contributed by atoms with Crippen LogP contribution in [0, 0.1) is 11.7 Å². The van der Waals surface area contributed by atoms with Crippen LogP contribution < -0.4 is 10.1 Å². The molecule has 0 aromatic heterocycles. The Balaban J connectivity index is 1.55. The van der Waals surface area contributed by atoms with Gasteiger partial charge in [-0.3, -0.25) is 0 Å². The number of benzene rings is 2. The summed E-state index contributed by atoms with van der Waals surface area (Å²) in [4.78, 5) is 15.3. The minimum atomic E-state index is -0.449. The molecule has 7 nitrogen and oxygen atoms in total. The Morgan fingerprint density at radius 1 is 1.26 bits per heavy atom. The molecule has 162 valence electrons. The van der Waals surface area contributed by atoms with Crippen LogP contribution in [0.25, 0.3) is 0 Å². The Morgan fingerprint density at radius 2 is 2.06 bits per heavy atom. The van der Waals surface area contributed by atoms with E-state index >= 15 is 0 Å². The lowest BCUT2D eigenvalue weighted by Crippen LogP contribution is -2.48. The topological polar surface area (TPSA) is 77.4 Å². The SMILES string of the molecule is CN(C(=O)N1N=C2c3cc(F)ccc3OC[C@@H]2[C@@H]1c1cccc(O)c1)C1CCNCC1. The summed E-state index contributed by atoms with van der Waals surface area (Å²) in [5.41, 5.74) is 1.97. The van der Waals surface area contributed by atoms with Crippen LogP contribution in [0.1, 0.15) is 30.0 Å². The van der Waals surface area contributed by atoms with Crippen LogP contribution in [0.3, 0.4) is 0 Å². The monoisotopic (exact) mass is 424 g/mol. The molecular formula is C23H25FN4O3. The molecule has 0 saturated carbocycles. The third-order valence-corrected chi connectivity index (χ3v) is 6.41. The summed E-state index contributed by atoms with van der Waals surface area (Å²) in [5, 5.41) is 19.6. The third kappa shape index (κ3) is 3.50. The number of carbonyl (C=O) groups is 1. The van der Waals surface area contributed by atoms with Crippen LogP contribution in [-0.4, -0.2) is 59.5 Å². The van der Waals surface area contributed by atoms with Crippen molar-refractivity contribution in [3.8, 4) is 11.5 Å². The number of halogens is 1. The molecular weight excluding hydrogens is 399 g/mol. The Bertz CT molecular complexity index is 1040. The van der Waals surface area contributed by atoms with Crippen molar-refractivity contribution in [3.05, 3.63) is 59.4 Å². The fraction of sp³-hybridized carbons (Fsp3) is 0.391. The first kappa shape index (κ1) is 19.8. The van der Waals surface area contributed by atoms with Gasteiger partial charge in [0.05, 0.1) is 24.3 Å². The quantitative estimate of drug-likeness (QED) is 0.777. The molecule has 0 radical (unpaired) electrons. The highest BCUT2D eigenvalue weighted by Gasteiger charge is 2.46. The average molecular weight is 424 g/mol. The molecule has 3 aliphatic rings. The summed E-state index contributed by atoms with van der Waals surface area (Å²) in [6, 6.07) is 10.7. The molecule has 8 heteroatoms. The van der Waals surface area contributed by atoms with Gasteiger partial charge in [0, 0.05) is 18.7 Å². The molecule has 3 aliphatic heterocycles. The standard InChI is InChI=1S/C23H25FN4O3/c1-27(16-7-9-25-10-8-16)23(30)28-22(14-3-2-4-17(29)11-14)19-13-31-20-6-5-15(24)12-18(20)21(19)26-28/h2-6,11-12,16,19,22,25,29H,7-10,13H2,1H3/t19-,22-/m0/s1. The summed E-state index contributed by atoms with van der Waals surface area (Å²) in [6.07, 6.45) is 1.76. The highest BCUT2D eigenvalue weighted by atomic mass is 19.1. The predicted molar refractivity (Wildman–Crippen MR) is 114 cm³/mol. The zero-order valence-corrected chi connectivity index (χ0v) is 17.3. The fourth-order valence-electron chi connectivity index (χ4n) is 4.76. The van der Waals surface area contributed by atoms with E-state index in [2.05, 4.69) is 5.32 Å². The second-order valence-corrected chi connectivity index (χ2v) is 8.30. The number of aromatic hydroxyl groups is 1. The molecule has 5 rings (SSSR count). The van der Waals surface area contributed by atoms with Crippen LogP contribution in [0.2, 0.25) is 0 Å². The number of hydrazone groups is 1. The Kier molecular flexibility index (Phi) is 5.02. The first-order valence-corrected chi connectivity index (χ1v) is 10.6. The zero-order valence-electron chi connectivity index (χ0n) is 17.3. The van der Waals surface area contributed by atoms with Gasteiger partial charge in [-0.1, -0.05) is 12.1 Å². The first-order valence-electron chi connectivity index (χ1n) is 10.6. The van der Waals surface area contributed by atoms with Crippen molar-refractivity contribution in [2.75, 3.05) is 26.7 Å². The number of carbonyl (C=O) groups excluding carboxylic acids is 1. The van der Waals surface area contributed by atoms with E-state index in [0.29, 0.717) is 23.6 Å². The van der Waals surface area contributed by atoms with E-state index in [1.165, 1.54) is 17.1 Å². The van der Waals surface area contributed by atoms with Crippen LogP contribution in [0.5, 0.6) is 11.5 Å². The largest absolute Gasteiger partial charge is 0.508 e. The highest BCUT2D eigenvalue weighted by Crippen LogP contribution is 2.43. The van der Waals surface area contributed by atoms with E-state index < -0.39 is 6.04 Å². The number of nitrogens with zero attached hydrogens (tertiary/aromatic N) is 3. The summed E-state index contributed by atoms with van der Waals surface area (Å²) in [5.74, 6) is 0.0398. The van der Waals surface area contributed by atoms with Crippen LogP contribution >= 0.6 is 0 Å². The number of nitrogens with one attached hydrogen (secondary N) is 1. The molecule has 2 N–H and O–H groups in total. The van der Waals surface area contributed by atoms with Gasteiger partial charge in [-0.15, -0.1) is 0 Å². The summed E-state index contributed by atoms with van der Waals surface area (Å²) in [6.45, 7) is 2.06. The van der Waals surface area contributed by atoms with Gasteiger partial charge in [0.25, 0.3) is 0 Å². The van der Waals surface area contributed by atoms with Gasteiger partial charge in [0.15, 0.2) is 0 Å². The van der Waals surface area contributed by atoms with Crippen LogP contribution in [0.4, 0.5) is 9.18 Å². The van der Waals surface area contributed by atoms with Gasteiger partial charge in [-0.05, 0) is 61.8 Å². The molecule has 0 bridgehead atoms. The Morgan fingerprint density at radius 3 is 2.84 bits per heavy atom. The number of phenols is 1. The van der Waals surface area contributed by atoms with Crippen molar-refractivity contribution < 1.29 is 19.0 Å². The van der Waals surface area contributed by atoms with Crippen molar-refractivity contribution in [1.29, 1.82) is 0 Å². The molecule has 2 aromatic rings. The molecule has 0 spiro atoms. The molecule has 31 heavy (non-hydrogen) atoms. The van der Waals surface area contributed by atoms with Gasteiger partial charge in [0.2, 0.25) is 0 Å². The average Bonchev–Trinajstić information content (AvgIpc) is 3.19. The lowest BCUT2D eigenvalue weighted by atomic mass is 9.86. The fourth-order valence-corrected chi connectivity index (χ4v) is 4.76. The Labute approximate surface area is 180 Å². The normalized spacial score (nSPS) is 22.9. The molecule has 1 saturated heterocycles. The number of hydrogen-bond acceptors (Lipinski definition) is 5. The molecule has 0 unspecified atom stereocenters. The number of fused-ring (bicyclic) bond motifs is 3. The van der Waals surface area contributed by atoms with Gasteiger partial charge < -0.3 is 20.1 Å². The van der Waals surface area contributed by atoms with E-state index in [4.69, 9.17) is 9.84 Å². The molecule has 2 atom stereocenters. The van der Waals surface area contributed by atoms with Gasteiger partial charge >= 0.3 is 6.03 Å². The van der Waals surface area contributed by atoms with Gasteiger partial charge in [0.1, 0.15) is 17.3 Å². The first-order chi connectivity index (χ1) is 15.0. The van der Waals surface area contributed by atoms with E-state index in [9.17, 15) is 14.3 Å². The molecule has 2 amide bonds. The summed E-state index contributed by atoms with van der Waals surface area (Å²) < 4.78 is 19.9. The van der Waals surface area contributed by atoms with Crippen molar-refractivity contribution in [2.24, 2.45) is 11.0 Å². The number of piperidine rings is 1. The van der Waals surface area contributed by atoms with Gasteiger partial charge in [-0.25, -0.2) is 14.2 Å². The molecule has 0 aliphatic carbocycles. The minimum absolute atomic E-state index is 0.119. The second-order valence-electron chi connectivity index (χ2n) is 8.30. The van der Waals surface area contributed by atoms with Crippen molar-refractivity contribution in [3.63, 3.8) is 0 Å². The van der Waals surface area contributed by atoms with Crippen molar-refractivity contribution >= 4 is 11.7 Å². The van der Waals surface area contributed by atoms with E-state index in [0.717, 1.165) is 31.5 Å². The van der Waals surface area contributed by atoms with Crippen LogP contribution in [-0.2, 0) is 0 Å². The maximum absolute atomic E-state index is 14.0. The van der Waals surface area contributed by atoms with E-state index in [1.807, 2.05) is 13.1 Å². The number of phenolic OH excluding ortho intramolecular Hbond substituents is 1. The predicted octanol–water partition coefficient (Wildman–Crippen LogP) is 3.10. The number of ether oxygens (including phenoxy) is 1. The lowest BCUT2D eigenvalue weighted by Gasteiger charge is -2.36. The number of amides is 2. The van der Waals surface area contributed by atoms with E-state index in [-0.39, 0.29) is 29.6 Å². The summed E-state index contributed by atoms with van der Waals surface area (Å²) in [7, 11) is 1.81. The maximum atomic E-state index is 14.0. The van der Waals surface area contributed by atoms with E-state index in [1.54, 1.807) is 29.2 Å². The van der Waals surface area contributed by atoms with Crippen LogP contribution in [0.15, 0.2) is 47.6 Å². The van der Waals surface area contributed by atoms with Crippen molar-refractivity contribution in [2.45, 2.75) is 24.9 Å². The Hall–Kier alpha value is -3.13. The van der Waals surface area contributed by atoms with Gasteiger partial charge in [-0.2, -0.15) is 5.10 Å². The lowest BCUT2D eigenvalue weighted by molar-refractivity contribution is 0.114. The van der Waals surface area contributed by atoms with Crippen molar-refractivity contribution in [1.82, 2.24) is 15.2 Å². The number of hydrogen-bond donors (Lipinski definition) is 2. The molecule has 1 fully saturated rings. The minimum Gasteiger partial charge on any atom is -0.508 e. The zero-order chi connectivity index (χ0) is 21.5. The second kappa shape index (κ2) is 7.85. The maximum Gasteiger partial charge on any atom is 0.341 e. The summed E-state index contributed by atoms with van der Waals surface area (Å²) >= 11 is 0. The molecule has 3 heterocycles. The number of urea groups is 1. The smallest absolute Gasteiger partial charge is 0.341 e. The third-order valence-electron chi connectivity index (χ3n) is 6.41. The molecule has 2 aromatic carbocycles. The number of rotatable bonds is 2. The highest BCUT2D eigenvalue weighted by molar-refractivity contribution is 6.07.